The van der Waals surface area contributed by atoms with Crippen molar-refractivity contribution in [3.8, 4) is 0 Å². The second-order valence-electron chi connectivity index (χ2n) is 3.96. The van der Waals surface area contributed by atoms with E-state index in [1.165, 1.54) is 0 Å². The Bertz CT molecular complexity index is 362. The van der Waals surface area contributed by atoms with Crippen molar-refractivity contribution in [2.24, 2.45) is 0 Å². The third kappa shape index (κ3) is 5.53. The van der Waals surface area contributed by atoms with Gasteiger partial charge in [0.1, 0.15) is 6.54 Å². The maximum Gasteiger partial charge on any atom is 0.406 e. The molecule has 0 bridgehead atoms. The lowest BCUT2D eigenvalue weighted by molar-refractivity contribution is -0.160. The van der Waals surface area contributed by atoms with Crippen LogP contribution in [0.15, 0.2) is 17.5 Å². The average Bonchev–Trinajstić information content (AvgIpc) is 2.77. The number of carbonyl (C=O) groups excluding carboxylic acids is 1. The van der Waals surface area contributed by atoms with Crippen LogP contribution in [-0.2, 0) is 11.2 Å². The van der Waals surface area contributed by atoms with Crippen molar-refractivity contribution in [2.45, 2.75) is 32.4 Å². The summed E-state index contributed by atoms with van der Waals surface area (Å²) in [5.41, 5.74) is 0. The van der Waals surface area contributed by atoms with E-state index in [1.807, 2.05) is 17.5 Å². The number of aryl methyl sites for hydroxylation is 1. The third-order valence-electron chi connectivity index (χ3n) is 2.50. The first-order valence-corrected chi connectivity index (χ1v) is 6.67. The lowest BCUT2D eigenvalue weighted by Gasteiger charge is -2.22. The van der Waals surface area contributed by atoms with Crippen LogP contribution in [0.2, 0.25) is 0 Å². The van der Waals surface area contributed by atoms with Crippen LogP contribution >= 0.6 is 11.3 Å². The number of halogens is 3. The van der Waals surface area contributed by atoms with E-state index in [4.69, 9.17) is 0 Å². The molecule has 1 heterocycles. The predicted octanol–water partition coefficient (Wildman–Crippen LogP) is 3.48. The largest absolute Gasteiger partial charge is 0.406 e. The van der Waals surface area contributed by atoms with Crippen molar-refractivity contribution in [1.82, 2.24) is 4.90 Å². The van der Waals surface area contributed by atoms with E-state index in [1.54, 1.807) is 18.3 Å². The summed E-state index contributed by atoms with van der Waals surface area (Å²) in [7, 11) is 0. The van der Waals surface area contributed by atoms with Gasteiger partial charge in [-0.25, -0.2) is 0 Å². The first-order valence-electron chi connectivity index (χ1n) is 5.79. The third-order valence-corrected chi connectivity index (χ3v) is 3.43. The minimum Gasteiger partial charge on any atom is -0.334 e. The van der Waals surface area contributed by atoms with Gasteiger partial charge in [-0.1, -0.05) is 6.07 Å². The van der Waals surface area contributed by atoms with Gasteiger partial charge in [0, 0.05) is 17.8 Å². The molecule has 0 N–H and O–H groups in total. The molecule has 2 nitrogen and oxygen atoms in total. The summed E-state index contributed by atoms with van der Waals surface area (Å²) in [6, 6.07) is 3.88. The smallest absolute Gasteiger partial charge is 0.334 e. The van der Waals surface area contributed by atoms with Crippen molar-refractivity contribution in [3.63, 3.8) is 0 Å². The molecule has 0 fully saturated rings. The molecule has 1 rings (SSSR count). The molecule has 0 spiro atoms. The number of hydrogen-bond donors (Lipinski definition) is 0. The van der Waals surface area contributed by atoms with Crippen molar-refractivity contribution in [2.75, 3.05) is 13.1 Å². The molecule has 1 amide bonds. The molecule has 1 aromatic heterocycles. The minimum absolute atomic E-state index is 0.0946. The minimum atomic E-state index is -4.32. The molecule has 1 aromatic rings. The molecule has 0 saturated carbocycles. The SMILES string of the molecule is CCN(CC(F)(F)F)C(=O)CCCc1cccs1. The van der Waals surface area contributed by atoms with Crippen LogP contribution in [0.3, 0.4) is 0 Å². The molecule has 6 heteroatoms. The Morgan fingerprint density at radius 1 is 1.44 bits per heavy atom. The van der Waals surface area contributed by atoms with Gasteiger partial charge in [-0.05, 0) is 31.2 Å². The Kier molecular flexibility index (Phi) is 5.65. The summed E-state index contributed by atoms with van der Waals surface area (Å²) in [6.45, 7) is 0.502. The zero-order valence-electron chi connectivity index (χ0n) is 10.2. The van der Waals surface area contributed by atoms with Gasteiger partial charge >= 0.3 is 6.18 Å². The van der Waals surface area contributed by atoms with Gasteiger partial charge in [0.05, 0.1) is 0 Å². The Balaban J connectivity index is 2.33. The molecule has 0 unspecified atom stereocenters. The van der Waals surface area contributed by atoms with E-state index in [9.17, 15) is 18.0 Å². The van der Waals surface area contributed by atoms with Crippen molar-refractivity contribution in [3.05, 3.63) is 22.4 Å². The molecular weight excluding hydrogens is 263 g/mol. The summed E-state index contributed by atoms with van der Waals surface area (Å²) in [4.78, 5) is 13.6. The standard InChI is InChI=1S/C12H16F3NOS/c1-2-16(9-12(13,14)15)11(17)7-3-5-10-6-4-8-18-10/h4,6,8H,2-3,5,7,9H2,1H3. The molecule has 0 atom stereocenters. The van der Waals surface area contributed by atoms with Crippen LogP contribution < -0.4 is 0 Å². The van der Waals surface area contributed by atoms with E-state index in [-0.39, 0.29) is 13.0 Å². The van der Waals surface area contributed by atoms with E-state index >= 15 is 0 Å². The Labute approximate surface area is 108 Å². The first kappa shape index (κ1) is 15.0. The quantitative estimate of drug-likeness (QED) is 0.780. The Morgan fingerprint density at radius 2 is 2.17 bits per heavy atom. The highest BCUT2D eigenvalue weighted by Gasteiger charge is 2.31. The summed E-state index contributed by atoms with van der Waals surface area (Å²) in [6.07, 6.45) is -2.82. The number of amides is 1. The molecule has 0 aliphatic carbocycles. The summed E-state index contributed by atoms with van der Waals surface area (Å²) >= 11 is 1.59. The average molecular weight is 279 g/mol. The van der Waals surface area contributed by atoms with E-state index < -0.39 is 18.6 Å². The Hall–Kier alpha value is -1.04. The van der Waals surface area contributed by atoms with Crippen LogP contribution in [0, 0.1) is 0 Å². The highest BCUT2D eigenvalue weighted by atomic mass is 32.1. The van der Waals surface area contributed by atoms with Gasteiger partial charge < -0.3 is 4.90 Å². The van der Waals surface area contributed by atoms with Gasteiger partial charge in [-0.3, -0.25) is 4.79 Å². The number of nitrogens with zero attached hydrogens (tertiary/aromatic N) is 1. The zero-order valence-corrected chi connectivity index (χ0v) is 11.0. The highest BCUT2D eigenvalue weighted by molar-refractivity contribution is 7.09. The molecule has 0 radical (unpaired) electrons. The lowest BCUT2D eigenvalue weighted by Crippen LogP contribution is -2.38. The maximum absolute atomic E-state index is 12.2. The number of hydrogen-bond acceptors (Lipinski definition) is 2. The second-order valence-corrected chi connectivity index (χ2v) is 4.99. The Morgan fingerprint density at radius 3 is 2.67 bits per heavy atom. The van der Waals surface area contributed by atoms with Crippen LogP contribution in [0.25, 0.3) is 0 Å². The van der Waals surface area contributed by atoms with E-state index in [0.29, 0.717) is 6.42 Å². The second kappa shape index (κ2) is 6.78. The fourth-order valence-electron chi connectivity index (χ4n) is 1.62. The molecule has 18 heavy (non-hydrogen) atoms. The lowest BCUT2D eigenvalue weighted by atomic mass is 10.2. The summed E-state index contributed by atoms with van der Waals surface area (Å²) < 4.78 is 36.6. The first-order chi connectivity index (χ1) is 8.42. The van der Waals surface area contributed by atoms with Crippen LogP contribution in [0.4, 0.5) is 13.2 Å². The van der Waals surface area contributed by atoms with E-state index in [2.05, 4.69) is 0 Å². The van der Waals surface area contributed by atoms with E-state index in [0.717, 1.165) is 16.2 Å². The zero-order chi connectivity index (χ0) is 13.6. The molecule has 0 aliphatic heterocycles. The van der Waals surface area contributed by atoms with Crippen molar-refractivity contribution >= 4 is 17.2 Å². The number of carbonyl (C=O) groups is 1. The monoisotopic (exact) mass is 279 g/mol. The van der Waals surface area contributed by atoms with Crippen LogP contribution in [-0.4, -0.2) is 30.1 Å². The molecule has 0 saturated heterocycles. The summed E-state index contributed by atoms with van der Waals surface area (Å²) in [5, 5.41) is 1.94. The maximum atomic E-state index is 12.2. The molecule has 0 aliphatic rings. The normalized spacial score (nSPS) is 11.6. The van der Waals surface area contributed by atoms with Gasteiger partial charge in [0.25, 0.3) is 0 Å². The van der Waals surface area contributed by atoms with Gasteiger partial charge in [0.2, 0.25) is 5.91 Å². The van der Waals surface area contributed by atoms with Crippen LogP contribution in [0.5, 0.6) is 0 Å². The summed E-state index contributed by atoms with van der Waals surface area (Å²) in [5.74, 6) is -0.425. The number of thiophene rings is 1. The highest BCUT2D eigenvalue weighted by Crippen LogP contribution is 2.18. The topological polar surface area (TPSA) is 20.3 Å². The number of rotatable bonds is 6. The fourth-order valence-corrected chi connectivity index (χ4v) is 2.37. The predicted molar refractivity (Wildman–Crippen MR) is 65.6 cm³/mol. The molecule has 0 aromatic carbocycles. The fraction of sp³-hybridized carbons (Fsp3) is 0.583. The molecular formula is C12H16F3NOS. The number of alkyl halides is 3. The van der Waals surface area contributed by atoms with Gasteiger partial charge in [-0.2, -0.15) is 13.2 Å². The van der Waals surface area contributed by atoms with Crippen molar-refractivity contribution in [1.29, 1.82) is 0 Å². The van der Waals surface area contributed by atoms with Crippen molar-refractivity contribution < 1.29 is 18.0 Å². The van der Waals surface area contributed by atoms with Gasteiger partial charge in [0.15, 0.2) is 0 Å². The molecule has 102 valence electrons. The van der Waals surface area contributed by atoms with Gasteiger partial charge in [-0.15, -0.1) is 11.3 Å². The van der Waals surface area contributed by atoms with Crippen LogP contribution in [0.1, 0.15) is 24.6 Å².